The Morgan fingerprint density at radius 1 is 1.03 bits per heavy atom. The number of sulfone groups is 1. The van der Waals surface area contributed by atoms with Crippen molar-refractivity contribution < 1.29 is 27.1 Å². The number of aliphatic hydroxyl groups is 1. The molecule has 2 saturated carbocycles. The quantitative estimate of drug-likeness (QED) is 0.397. The highest BCUT2D eigenvalue weighted by Gasteiger charge is 2.53. The van der Waals surface area contributed by atoms with Gasteiger partial charge in [0.2, 0.25) is 0 Å². The van der Waals surface area contributed by atoms with E-state index in [1.54, 1.807) is 37.3 Å². The molecule has 194 valence electrons. The van der Waals surface area contributed by atoms with E-state index in [1.807, 2.05) is 0 Å². The summed E-state index contributed by atoms with van der Waals surface area (Å²) in [5.41, 5.74) is -0.415. The predicted octanol–water partition coefficient (Wildman–Crippen LogP) is 6.25. The fourth-order valence-electron chi connectivity index (χ4n) is 5.75. The molecule has 3 aromatic rings. The lowest BCUT2D eigenvalue weighted by Crippen LogP contribution is -2.45. The molecule has 4 atom stereocenters. The second kappa shape index (κ2) is 9.49. The SMILES string of the molecule is C[C@@]1(O)C2CC[C@H]1C[C@H](S(=O)(=O)c1cc(C(=O)Nc3cc(F)c(F)c(-c4ccccc4)c3)ccc1Cl)C2. The summed E-state index contributed by atoms with van der Waals surface area (Å²) in [5.74, 6) is -3.07. The van der Waals surface area contributed by atoms with E-state index in [4.69, 9.17) is 11.6 Å². The molecule has 2 bridgehead atoms. The Morgan fingerprint density at radius 3 is 2.32 bits per heavy atom. The van der Waals surface area contributed by atoms with Crippen LogP contribution in [0.1, 0.15) is 43.0 Å². The van der Waals surface area contributed by atoms with Crippen molar-refractivity contribution in [1.82, 2.24) is 0 Å². The summed E-state index contributed by atoms with van der Waals surface area (Å²) in [6.07, 6.45) is 2.21. The molecule has 9 heteroatoms. The lowest BCUT2D eigenvalue weighted by molar-refractivity contribution is -0.0413. The third-order valence-electron chi connectivity index (χ3n) is 7.92. The molecule has 0 spiro atoms. The highest BCUT2D eigenvalue weighted by molar-refractivity contribution is 7.92. The first-order valence-electron chi connectivity index (χ1n) is 12.1. The fraction of sp³-hybridized carbons (Fsp3) is 0.321. The number of anilines is 1. The Bertz CT molecular complexity index is 1460. The Balaban J connectivity index is 1.42. The zero-order chi connectivity index (χ0) is 26.5. The Morgan fingerprint density at radius 2 is 1.68 bits per heavy atom. The molecule has 5 rings (SSSR count). The molecule has 2 aliphatic carbocycles. The molecule has 2 aliphatic rings. The van der Waals surface area contributed by atoms with Crippen molar-refractivity contribution in [1.29, 1.82) is 0 Å². The van der Waals surface area contributed by atoms with Gasteiger partial charge in [0.05, 0.1) is 20.8 Å². The van der Waals surface area contributed by atoms with Crippen LogP contribution < -0.4 is 5.32 Å². The van der Waals surface area contributed by atoms with Gasteiger partial charge in [-0.25, -0.2) is 17.2 Å². The second-order valence-electron chi connectivity index (χ2n) is 10.1. The number of benzene rings is 3. The lowest BCUT2D eigenvalue weighted by Gasteiger charge is -2.40. The van der Waals surface area contributed by atoms with Gasteiger partial charge in [0.25, 0.3) is 5.91 Å². The van der Waals surface area contributed by atoms with E-state index in [-0.39, 0.29) is 38.6 Å². The largest absolute Gasteiger partial charge is 0.390 e. The molecule has 37 heavy (non-hydrogen) atoms. The van der Waals surface area contributed by atoms with E-state index in [0.29, 0.717) is 18.4 Å². The van der Waals surface area contributed by atoms with Crippen molar-refractivity contribution in [3.05, 3.63) is 82.9 Å². The maximum absolute atomic E-state index is 14.5. The van der Waals surface area contributed by atoms with Crippen LogP contribution in [0.25, 0.3) is 11.1 Å². The summed E-state index contributed by atoms with van der Waals surface area (Å²) >= 11 is 6.28. The molecule has 0 aromatic heterocycles. The van der Waals surface area contributed by atoms with Crippen LogP contribution in [-0.2, 0) is 9.84 Å². The molecule has 0 heterocycles. The summed E-state index contributed by atoms with van der Waals surface area (Å²) in [7, 11) is -3.89. The third-order valence-corrected chi connectivity index (χ3v) is 10.6. The van der Waals surface area contributed by atoms with E-state index >= 15 is 0 Å². The minimum atomic E-state index is -3.89. The van der Waals surface area contributed by atoms with E-state index in [9.17, 15) is 27.1 Å². The molecule has 0 saturated heterocycles. The number of hydrogen-bond donors (Lipinski definition) is 2. The maximum Gasteiger partial charge on any atom is 0.255 e. The first kappa shape index (κ1) is 25.8. The van der Waals surface area contributed by atoms with Crippen molar-refractivity contribution in [2.75, 3.05) is 5.32 Å². The van der Waals surface area contributed by atoms with Gasteiger partial charge in [0.15, 0.2) is 21.5 Å². The van der Waals surface area contributed by atoms with Crippen molar-refractivity contribution >= 4 is 33.0 Å². The topological polar surface area (TPSA) is 83.5 Å². The average Bonchev–Trinajstić information content (AvgIpc) is 3.02. The van der Waals surface area contributed by atoms with Gasteiger partial charge in [0.1, 0.15) is 0 Å². The number of hydrogen-bond acceptors (Lipinski definition) is 4. The summed E-state index contributed by atoms with van der Waals surface area (Å²) in [4.78, 5) is 12.9. The standard InChI is InChI=1S/C28H26ClF2NO4S/c1-28(34)18-8-9-19(28)13-21(12-18)37(35,36)25-11-17(7-10-23(25)29)27(33)32-20-14-22(26(31)24(30)15-20)16-5-3-2-4-6-16/h2-7,10-11,14-15,18-19,21,34H,8-9,12-13H2,1H3,(H,32,33)/t18-,19?,21-,28-/m0/s1. The number of carbonyl (C=O) groups is 1. The monoisotopic (exact) mass is 545 g/mol. The molecule has 2 N–H and O–H groups in total. The second-order valence-corrected chi connectivity index (χ2v) is 12.7. The molecular formula is C28H26ClF2NO4S. The minimum Gasteiger partial charge on any atom is -0.390 e. The van der Waals surface area contributed by atoms with Gasteiger partial charge in [-0.05, 0) is 74.3 Å². The van der Waals surface area contributed by atoms with Gasteiger partial charge in [-0.1, -0.05) is 41.9 Å². The average molecular weight is 546 g/mol. The summed E-state index contributed by atoms with van der Waals surface area (Å²) in [5, 5.41) is 12.6. The third kappa shape index (κ3) is 4.67. The minimum absolute atomic E-state index is 0.000390. The van der Waals surface area contributed by atoms with E-state index in [2.05, 4.69) is 5.32 Å². The Hall–Kier alpha value is -2.81. The van der Waals surface area contributed by atoms with Gasteiger partial charge < -0.3 is 10.4 Å². The summed E-state index contributed by atoms with van der Waals surface area (Å²) in [6, 6.07) is 14.5. The first-order valence-corrected chi connectivity index (χ1v) is 14.0. The summed E-state index contributed by atoms with van der Waals surface area (Å²) < 4.78 is 55.9. The molecule has 2 fully saturated rings. The molecule has 0 radical (unpaired) electrons. The van der Waals surface area contributed by atoms with Gasteiger partial charge in [-0.3, -0.25) is 4.79 Å². The zero-order valence-corrected chi connectivity index (χ0v) is 21.6. The molecular weight excluding hydrogens is 520 g/mol. The number of fused-ring (bicyclic) bond motifs is 2. The van der Waals surface area contributed by atoms with Crippen LogP contribution >= 0.6 is 11.6 Å². The Kier molecular flexibility index (Phi) is 6.63. The van der Waals surface area contributed by atoms with Crippen LogP contribution in [0.5, 0.6) is 0 Å². The highest BCUT2D eigenvalue weighted by atomic mass is 35.5. The van der Waals surface area contributed by atoms with Crippen molar-refractivity contribution in [2.24, 2.45) is 11.8 Å². The van der Waals surface area contributed by atoms with E-state index in [1.165, 1.54) is 24.3 Å². The highest BCUT2D eigenvalue weighted by Crippen LogP contribution is 2.51. The van der Waals surface area contributed by atoms with Crippen LogP contribution in [0.15, 0.2) is 65.6 Å². The van der Waals surface area contributed by atoms with Gasteiger partial charge in [-0.2, -0.15) is 0 Å². The molecule has 0 aliphatic heterocycles. The molecule has 1 amide bonds. The smallest absolute Gasteiger partial charge is 0.255 e. The van der Waals surface area contributed by atoms with Crippen molar-refractivity contribution in [2.45, 2.75) is 48.4 Å². The van der Waals surface area contributed by atoms with Crippen LogP contribution in [0.3, 0.4) is 0 Å². The van der Waals surface area contributed by atoms with Crippen LogP contribution in [-0.4, -0.2) is 30.3 Å². The zero-order valence-electron chi connectivity index (χ0n) is 20.0. The number of amides is 1. The molecule has 1 unspecified atom stereocenters. The van der Waals surface area contributed by atoms with Crippen LogP contribution in [0.4, 0.5) is 14.5 Å². The first-order chi connectivity index (χ1) is 17.5. The van der Waals surface area contributed by atoms with Crippen LogP contribution in [0, 0.1) is 23.5 Å². The van der Waals surface area contributed by atoms with E-state index < -0.39 is 38.2 Å². The molecule has 5 nitrogen and oxygen atoms in total. The predicted molar refractivity (Wildman–Crippen MR) is 138 cm³/mol. The molecule has 3 aromatic carbocycles. The Labute approximate surface area is 219 Å². The summed E-state index contributed by atoms with van der Waals surface area (Å²) in [6.45, 7) is 1.78. The van der Waals surface area contributed by atoms with E-state index in [0.717, 1.165) is 18.9 Å². The lowest BCUT2D eigenvalue weighted by atomic mass is 9.76. The van der Waals surface area contributed by atoms with Crippen molar-refractivity contribution in [3.63, 3.8) is 0 Å². The fourth-order valence-corrected chi connectivity index (χ4v) is 8.15. The van der Waals surface area contributed by atoms with Gasteiger partial charge in [0, 0.05) is 22.9 Å². The number of carbonyl (C=O) groups excluding carboxylic acids is 1. The maximum atomic E-state index is 14.5. The number of nitrogens with one attached hydrogen (secondary N) is 1. The van der Waals surface area contributed by atoms with Gasteiger partial charge >= 0.3 is 0 Å². The number of rotatable bonds is 5. The van der Waals surface area contributed by atoms with Crippen molar-refractivity contribution in [3.8, 4) is 11.1 Å². The van der Waals surface area contributed by atoms with Gasteiger partial charge in [-0.15, -0.1) is 0 Å². The normalized spacial score (nSPS) is 25.2. The van der Waals surface area contributed by atoms with Crippen LogP contribution in [0.2, 0.25) is 5.02 Å². The number of halogens is 3.